The lowest BCUT2D eigenvalue weighted by Gasteiger charge is -2.36. The van der Waals surface area contributed by atoms with E-state index in [0.717, 1.165) is 75.3 Å². The first-order chi connectivity index (χ1) is 50.2. The van der Waals surface area contributed by atoms with Gasteiger partial charge in [-0.2, -0.15) is 0 Å². The van der Waals surface area contributed by atoms with Crippen molar-refractivity contribution in [1.29, 1.82) is 0 Å². The van der Waals surface area contributed by atoms with Gasteiger partial charge >= 0.3 is 11.9 Å². The maximum Gasteiger partial charge on any atom is 0.325 e. The molecule has 14 N–H and O–H groups in total. The van der Waals surface area contributed by atoms with E-state index in [0.29, 0.717) is 38.5 Å². The Morgan fingerprint density at radius 3 is 1.87 bits per heavy atom. The second kappa shape index (κ2) is 50.4. The Morgan fingerprint density at radius 2 is 1.31 bits per heavy atom. The van der Waals surface area contributed by atoms with Crippen LogP contribution in [-0.4, -0.2) is 204 Å². The SMILES string of the molecule is CCCCCCCCCC[C@@H](OC(=O)CNC(=O)[C@@H](C)C(CO)CC(C)C[C@H]1C(=O)N[C@@H]([C@H](C)CC)C(=O)N[C@@H](CO)C(=O)N[C@@H]([C@H](C)O)C(=O)NCC(=O)O[C@H](CCCCCC)[C@@H](CCCc2ccc(C)cc2)C(=O)N1C)[C@@H](C)C(=O)N(C)[C@@H](CC(C)C)C(=O)N[C@H](C(=O)N[C@@H](CN)C(N)=O)[C@H](C)CC. The number of aliphatic hydroxyl groups is 3. The number of nitrogens with one attached hydrogen (secondary N) is 7. The van der Waals surface area contributed by atoms with Crippen molar-refractivity contribution in [2.75, 3.05) is 46.9 Å². The molecule has 1 aromatic carbocycles. The Morgan fingerprint density at radius 1 is 0.708 bits per heavy atom. The second-order valence-corrected chi connectivity index (χ2v) is 30.2. The number of hydrogen-bond donors (Lipinski definition) is 12. The number of nitrogens with two attached hydrogens (primary N) is 2. The zero-order valence-corrected chi connectivity index (χ0v) is 66.4. The van der Waals surface area contributed by atoms with E-state index in [2.05, 4.69) is 44.1 Å². The monoisotopic (exact) mass is 1500 g/mol. The normalized spacial score (nSPS) is 21.2. The summed E-state index contributed by atoms with van der Waals surface area (Å²) in [6, 6.07) is -1.55. The molecule has 1 saturated heterocycles. The van der Waals surface area contributed by atoms with Crippen molar-refractivity contribution in [1.82, 2.24) is 47.0 Å². The second-order valence-electron chi connectivity index (χ2n) is 30.2. The smallest absolute Gasteiger partial charge is 0.325 e. The van der Waals surface area contributed by atoms with Gasteiger partial charge in [0, 0.05) is 33.2 Å². The van der Waals surface area contributed by atoms with Crippen LogP contribution < -0.4 is 48.7 Å². The third-order valence-corrected chi connectivity index (χ3v) is 20.9. The molecule has 1 aliphatic heterocycles. The number of likely N-dealkylation sites (N-methyl/N-ethyl adjacent to an activating group) is 2. The summed E-state index contributed by atoms with van der Waals surface area (Å²) >= 11 is 0. The van der Waals surface area contributed by atoms with Gasteiger partial charge in [0.05, 0.1) is 24.5 Å². The summed E-state index contributed by atoms with van der Waals surface area (Å²) in [5, 5.41) is 50.3. The number of aryl methyl sites for hydroxylation is 2. The van der Waals surface area contributed by atoms with Gasteiger partial charge in [0.2, 0.25) is 59.1 Å². The van der Waals surface area contributed by atoms with Gasteiger partial charge in [-0.15, -0.1) is 0 Å². The van der Waals surface area contributed by atoms with Crippen molar-refractivity contribution < 1.29 is 82.3 Å². The standard InChI is InChI=1S/C78H135N11O17/c1-16-20-22-24-25-26-27-29-33-62(53(12)77(103)88(14)60(39-47(5)6)72(98)85-66(50(9)18-3)75(101)83-58(42-79)69(80)95)105-64(93)43-81-70(96)52(11)56(45-90)40-49(8)41-61-73(99)86-67(51(10)19-4)76(102)84-59(46-91)71(97)87-68(54(13)92)74(100)82-44-65(94)106-63(34-28-23-21-17-2)57(78(104)89(61)15)32-30-31-55-37-35-48(7)36-38-55/h35-38,47,49-54,56-63,66-68,90-92H,16-34,39-46,79H2,1-15H3,(H2,80,95)(H,81,96)(H,82,100)(H,83,101)(H,84,102)(H,85,98)(H,86,99)(H,87,97)/t49?,50-,51-,52+,53-,54+,56?,57-,58+,59+,60+,61+,62-,63-,66+,67+,68+/m1/s1. The van der Waals surface area contributed by atoms with E-state index in [9.17, 15) is 63.3 Å². The van der Waals surface area contributed by atoms with Crippen LogP contribution in [0.25, 0.3) is 0 Å². The molecule has 0 aromatic heterocycles. The van der Waals surface area contributed by atoms with Crippen molar-refractivity contribution in [3.63, 3.8) is 0 Å². The Balaban J connectivity index is 2.66. The average molecular weight is 1500 g/mol. The predicted molar refractivity (Wildman–Crippen MR) is 405 cm³/mol. The molecule has 2 rings (SSSR count). The van der Waals surface area contributed by atoms with Crippen LogP contribution in [0.1, 0.15) is 229 Å². The highest BCUT2D eigenvalue weighted by molar-refractivity contribution is 5.97. The van der Waals surface area contributed by atoms with Gasteiger partial charge in [-0.1, -0.05) is 183 Å². The van der Waals surface area contributed by atoms with E-state index < -0.39 is 199 Å². The fraction of sp³-hybridized carbons (Fsp3) is 0.769. The summed E-state index contributed by atoms with van der Waals surface area (Å²) in [6.07, 6.45) is 9.71. The van der Waals surface area contributed by atoms with Gasteiger partial charge in [-0.3, -0.25) is 57.5 Å². The van der Waals surface area contributed by atoms with Crippen LogP contribution in [0.2, 0.25) is 0 Å². The van der Waals surface area contributed by atoms with Gasteiger partial charge in [-0.25, -0.2) is 0 Å². The third-order valence-electron chi connectivity index (χ3n) is 20.9. The molecular weight excluding hydrogens is 1360 g/mol. The number of primary amides is 1. The molecule has 1 fully saturated rings. The Bertz CT molecular complexity index is 2900. The molecule has 17 atom stereocenters. The highest BCUT2D eigenvalue weighted by Gasteiger charge is 2.43. The zero-order valence-electron chi connectivity index (χ0n) is 66.4. The minimum atomic E-state index is -1.70. The molecule has 0 spiro atoms. The molecule has 10 amide bonds. The third kappa shape index (κ3) is 32.6. The van der Waals surface area contributed by atoms with Gasteiger partial charge in [-0.05, 0) is 113 Å². The van der Waals surface area contributed by atoms with Gasteiger partial charge in [0.1, 0.15) is 67.6 Å². The first-order valence-electron chi connectivity index (χ1n) is 39.1. The van der Waals surface area contributed by atoms with Crippen molar-refractivity contribution in [3.05, 3.63) is 35.4 Å². The number of aliphatic hydroxyl groups excluding tert-OH is 3. The number of ether oxygens (including phenoxy) is 2. The topological polar surface area (TPSA) is 427 Å². The van der Waals surface area contributed by atoms with Crippen LogP contribution in [0, 0.1) is 54.3 Å². The van der Waals surface area contributed by atoms with Crippen molar-refractivity contribution in [3.8, 4) is 0 Å². The molecule has 0 saturated carbocycles. The largest absolute Gasteiger partial charge is 0.460 e. The first-order valence-corrected chi connectivity index (χ1v) is 39.1. The zero-order chi connectivity index (χ0) is 79.9. The summed E-state index contributed by atoms with van der Waals surface area (Å²) < 4.78 is 12.3. The van der Waals surface area contributed by atoms with E-state index in [1.807, 2.05) is 58.9 Å². The van der Waals surface area contributed by atoms with E-state index in [4.69, 9.17) is 20.9 Å². The maximum atomic E-state index is 15.7. The first kappa shape index (κ1) is 94.8. The van der Waals surface area contributed by atoms with Crippen LogP contribution in [0.4, 0.5) is 0 Å². The van der Waals surface area contributed by atoms with Crippen molar-refractivity contribution >= 4 is 71.0 Å². The highest BCUT2D eigenvalue weighted by atomic mass is 16.5. The van der Waals surface area contributed by atoms with Crippen LogP contribution in [-0.2, 0) is 73.4 Å². The molecule has 0 aliphatic carbocycles. The lowest BCUT2D eigenvalue weighted by molar-refractivity contribution is -0.159. The highest BCUT2D eigenvalue weighted by Crippen LogP contribution is 2.30. The minimum absolute atomic E-state index is 0.0832. The van der Waals surface area contributed by atoms with Crippen LogP contribution in [0.15, 0.2) is 24.3 Å². The molecule has 1 aliphatic rings. The number of cyclic esters (lactones) is 1. The molecule has 1 heterocycles. The number of carbonyl (C=O) groups excluding carboxylic acids is 12. The lowest BCUT2D eigenvalue weighted by atomic mass is 9.83. The molecular formula is C78H135N11O17. The molecule has 0 bridgehead atoms. The van der Waals surface area contributed by atoms with Crippen LogP contribution >= 0.6 is 0 Å². The lowest BCUT2D eigenvalue weighted by Crippen LogP contribution is -2.61. The predicted octanol–water partition coefficient (Wildman–Crippen LogP) is 4.84. The summed E-state index contributed by atoms with van der Waals surface area (Å²) in [4.78, 5) is 172. The Kier molecular flexibility index (Phi) is 45.0. The molecule has 0 radical (unpaired) electrons. The van der Waals surface area contributed by atoms with E-state index in [1.54, 1.807) is 41.5 Å². The summed E-state index contributed by atoms with van der Waals surface area (Å²) in [6.45, 7) is 20.0. The summed E-state index contributed by atoms with van der Waals surface area (Å²) in [5.74, 6) is -14.9. The van der Waals surface area contributed by atoms with Crippen molar-refractivity contribution in [2.45, 2.75) is 292 Å². The van der Waals surface area contributed by atoms with Gasteiger partial charge in [0.25, 0.3) is 0 Å². The quantitative estimate of drug-likeness (QED) is 0.0307. The Hall–Kier alpha value is -7.30. The molecule has 28 nitrogen and oxygen atoms in total. The van der Waals surface area contributed by atoms with Crippen LogP contribution in [0.3, 0.4) is 0 Å². The summed E-state index contributed by atoms with van der Waals surface area (Å²) in [5.41, 5.74) is 13.2. The molecule has 604 valence electrons. The fourth-order valence-electron chi connectivity index (χ4n) is 13.3. The number of unbranched alkanes of at least 4 members (excludes halogenated alkanes) is 10. The average Bonchev–Trinajstić information content (AvgIpc) is 0.886. The van der Waals surface area contributed by atoms with E-state index >= 15 is 9.59 Å². The molecule has 2 unspecified atom stereocenters. The number of amides is 10. The number of nitrogens with zero attached hydrogens (tertiary/aromatic N) is 2. The van der Waals surface area contributed by atoms with Crippen molar-refractivity contribution in [2.24, 2.45) is 58.8 Å². The number of benzene rings is 1. The fourth-order valence-corrected chi connectivity index (χ4v) is 13.3. The van der Waals surface area contributed by atoms with Crippen LogP contribution in [0.5, 0.6) is 0 Å². The van der Waals surface area contributed by atoms with Gasteiger partial charge < -0.3 is 83.3 Å². The Labute approximate surface area is 630 Å². The maximum absolute atomic E-state index is 15.7. The number of carbonyl (C=O) groups is 12. The molecule has 1 aromatic rings. The van der Waals surface area contributed by atoms with E-state index in [-0.39, 0.29) is 51.0 Å². The number of hydrogen-bond acceptors (Lipinski definition) is 18. The van der Waals surface area contributed by atoms with Gasteiger partial charge in [0.15, 0.2) is 0 Å². The number of esters is 2. The van der Waals surface area contributed by atoms with E-state index in [1.165, 1.54) is 30.8 Å². The molecule has 106 heavy (non-hydrogen) atoms. The summed E-state index contributed by atoms with van der Waals surface area (Å²) in [7, 11) is 2.93. The minimum Gasteiger partial charge on any atom is -0.460 e. The number of rotatable bonds is 45. The molecule has 28 heteroatoms.